The first-order valence-electron chi connectivity index (χ1n) is 11.0. The van der Waals surface area contributed by atoms with Crippen LogP contribution in [0.5, 0.6) is 0 Å². The minimum absolute atomic E-state index is 0.0414. The summed E-state index contributed by atoms with van der Waals surface area (Å²) in [4.78, 5) is 27.1. The summed E-state index contributed by atoms with van der Waals surface area (Å²) < 4.78 is 27.2. The van der Waals surface area contributed by atoms with E-state index in [4.69, 9.17) is 0 Å². The second-order valence-corrected chi connectivity index (χ2v) is 9.85. The van der Waals surface area contributed by atoms with E-state index in [-0.39, 0.29) is 23.3 Å². The molecule has 1 aliphatic heterocycles. The number of hydrogen-bond donors (Lipinski definition) is 1. The van der Waals surface area contributed by atoms with Gasteiger partial charge in [-0.3, -0.25) is 9.59 Å². The Morgan fingerprint density at radius 1 is 0.969 bits per heavy atom. The van der Waals surface area contributed by atoms with Gasteiger partial charge < -0.3 is 10.2 Å². The minimum atomic E-state index is -3.66. The molecule has 2 aromatic rings. The highest BCUT2D eigenvalue weighted by molar-refractivity contribution is 7.89. The molecule has 0 aliphatic carbocycles. The average Bonchev–Trinajstić information content (AvgIpc) is 3.33. The molecule has 0 spiro atoms. The van der Waals surface area contributed by atoms with E-state index in [9.17, 15) is 18.0 Å². The third-order valence-electron chi connectivity index (χ3n) is 5.82. The van der Waals surface area contributed by atoms with Gasteiger partial charge in [-0.2, -0.15) is 4.31 Å². The molecule has 0 saturated carbocycles. The van der Waals surface area contributed by atoms with Gasteiger partial charge in [0.05, 0.1) is 4.90 Å². The monoisotopic (exact) mass is 457 g/mol. The second-order valence-electron chi connectivity index (χ2n) is 7.95. The molecule has 32 heavy (non-hydrogen) atoms. The van der Waals surface area contributed by atoms with E-state index in [2.05, 4.69) is 5.32 Å². The molecule has 0 unspecified atom stereocenters. The molecule has 2 aromatic carbocycles. The van der Waals surface area contributed by atoms with Crippen LogP contribution in [0, 0.1) is 6.92 Å². The van der Waals surface area contributed by atoms with Gasteiger partial charge in [0.25, 0.3) is 11.8 Å². The molecule has 3 rings (SSSR count). The number of sulfonamides is 1. The van der Waals surface area contributed by atoms with Gasteiger partial charge in [-0.25, -0.2) is 8.42 Å². The molecule has 0 bridgehead atoms. The third-order valence-corrected chi connectivity index (χ3v) is 8.01. The number of nitrogens with zero attached hydrogens (tertiary/aromatic N) is 2. The van der Waals surface area contributed by atoms with Crippen LogP contribution in [-0.2, 0) is 16.6 Å². The number of carbonyl (C=O) groups excluding carboxylic acids is 2. The van der Waals surface area contributed by atoms with Gasteiger partial charge in [0.1, 0.15) is 0 Å². The lowest BCUT2D eigenvalue weighted by Crippen LogP contribution is -2.31. The predicted molar refractivity (Wildman–Crippen MR) is 124 cm³/mol. The Hall–Kier alpha value is -2.71. The molecule has 7 nitrogen and oxygen atoms in total. The lowest BCUT2D eigenvalue weighted by atomic mass is 10.1. The van der Waals surface area contributed by atoms with E-state index < -0.39 is 10.0 Å². The largest absolute Gasteiger partial charge is 0.348 e. The Morgan fingerprint density at radius 2 is 1.56 bits per heavy atom. The summed E-state index contributed by atoms with van der Waals surface area (Å²) in [6.07, 6.45) is 2.10. The summed E-state index contributed by atoms with van der Waals surface area (Å²) >= 11 is 0. The van der Waals surface area contributed by atoms with Crippen molar-refractivity contribution >= 4 is 21.8 Å². The Morgan fingerprint density at radius 3 is 2.16 bits per heavy atom. The van der Waals surface area contributed by atoms with E-state index in [0.29, 0.717) is 29.8 Å². The number of nitrogens with one attached hydrogen (secondary N) is 1. The third kappa shape index (κ3) is 5.19. The predicted octanol–water partition coefficient (Wildman–Crippen LogP) is 3.19. The first-order chi connectivity index (χ1) is 15.3. The zero-order valence-corrected chi connectivity index (χ0v) is 19.7. The zero-order chi connectivity index (χ0) is 23.3. The molecule has 1 N–H and O–H groups in total. The number of hydrogen-bond acceptors (Lipinski definition) is 4. The number of carbonyl (C=O) groups is 2. The fraction of sp³-hybridized carbons (Fsp3) is 0.417. The SMILES string of the molecule is CCN(CC)S(=O)(=O)c1cc(C(=O)NCc2ccc(C(=O)N3CCCC3)cc2)ccc1C. The van der Waals surface area contributed by atoms with Crippen LogP contribution in [-0.4, -0.2) is 55.6 Å². The average molecular weight is 458 g/mol. The van der Waals surface area contributed by atoms with E-state index in [1.54, 1.807) is 45.0 Å². The fourth-order valence-electron chi connectivity index (χ4n) is 3.87. The van der Waals surface area contributed by atoms with Crippen molar-refractivity contribution in [2.24, 2.45) is 0 Å². The zero-order valence-electron chi connectivity index (χ0n) is 18.9. The molecule has 1 aliphatic rings. The van der Waals surface area contributed by atoms with Gasteiger partial charge in [0.15, 0.2) is 0 Å². The molecule has 2 amide bonds. The maximum Gasteiger partial charge on any atom is 0.253 e. The Balaban J connectivity index is 1.68. The van der Waals surface area contributed by atoms with Gasteiger partial charge in [-0.1, -0.05) is 32.0 Å². The first-order valence-corrected chi connectivity index (χ1v) is 12.5. The van der Waals surface area contributed by atoms with Crippen molar-refractivity contribution in [1.82, 2.24) is 14.5 Å². The summed E-state index contributed by atoms with van der Waals surface area (Å²) in [7, 11) is -3.66. The minimum Gasteiger partial charge on any atom is -0.348 e. The summed E-state index contributed by atoms with van der Waals surface area (Å²) in [5.41, 5.74) is 2.40. The van der Waals surface area contributed by atoms with Crippen LogP contribution >= 0.6 is 0 Å². The lowest BCUT2D eigenvalue weighted by Gasteiger charge is -2.20. The number of aryl methyl sites for hydroxylation is 1. The quantitative estimate of drug-likeness (QED) is 0.660. The number of amides is 2. The highest BCUT2D eigenvalue weighted by Gasteiger charge is 2.25. The molecule has 0 atom stereocenters. The van der Waals surface area contributed by atoms with Crippen molar-refractivity contribution < 1.29 is 18.0 Å². The van der Waals surface area contributed by atoms with E-state index in [0.717, 1.165) is 31.5 Å². The summed E-state index contributed by atoms with van der Waals surface area (Å²) in [5.74, 6) is -0.308. The maximum atomic E-state index is 12.9. The van der Waals surface area contributed by atoms with Crippen molar-refractivity contribution in [2.75, 3.05) is 26.2 Å². The van der Waals surface area contributed by atoms with Crippen molar-refractivity contribution in [3.05, 3.63) is 64.7 Å². The van der Waals surface area contributed by atoms with Crippen molar-refractivity contribution in [3.63, 3.8) is 0 Å². The lowest BCUT2D eigenvalue weighted by molar-refractivity contribution is 0.0792. The highest BCUT2D eigenvalue weighted by Crippen LogP contribution is 2.21. The van der Waals surface area contributed by atoms with Crippen LogP contribution in [0.4, 0.5) is 0 Å². The Bertz CT molecular complexity index is 1070. The molecule has 8 heteroatoms. The van der Waals surface area contributed by atoms with Gasteiger partial charge in [0, 0.05) is 43.9 Å². The topological polar surface area (TPSA) is 86.8 Å². The standard InChI is InChI=1S/C24H31N3O4S/c1-4-27(5-2)32(30,31)22-16-21(11-8-18(22)3)23(28)25-17-19-9-12-20(13-10-19)24(29)26-14-6-7-15-26/h8-13,16H,4-7,14-15,17H2,1-3H3,(H,25,28). The Kier molecular flexibility index (Phi) is 7.69. The van der Waals surface area contributed by atoms with Crippen LogP contribution in [0.15, 0.2) is 47.4 Å². The van der Waals surface area contributed by atoms with Crippen molar-refractivity contribution in [3.8, 4) is 0 Å². The molecule has 172 valence electrons. The van der Waals surface area contributed by atoms with Crippen LogP contribution in [0.2, 0.25) is 0 Å². The first kappa shape index (κ1) is 23.9. The fourth-order valence-corrected chi connectivity index (χ4v) is 5.58. The van der Waals surface area contributed by atoms with E-state index >= 15 is 0 Å². The number of likely N-dealkylation sites (tertiary alicyclic amines) is 1. The second kappa shape index (κ2) is 10.3. The van der Waals surface area contributed by atoms with Gasteiger partial charge in [-0.15, -0.1) is 0 Å². The summed E-state index contributed by atoms with van der Waals surface area (Å²) in [5, 5.41) is 2.83. The van der Waals surface area contributed by atoms with Gasteiger partial charge in [0.2, 0.25) is 10.0 Å². The Labute approximate surface area is 190 Å². The van der Waals surface area contributed by atoms with E-state index in [1.165, 1.54) is 10.4 Å². The molecule has 1 saturated heterocycles. The number of rotatable bonds is 8. The van der Waals surface area contributed by atoms with Crippen molar-refractivity contribution in [2.45, 2.75) is 45.1 Å². The van der Waals surface area contributed by atoms with E-state index in [1.807, 2.05) is 17.0 Å². The molecule has 0 radical (unpaired) electrons. The van der Waals surface area contributed by atoms with Crippen LogP contribution in [0.3, 0.4) is 0 Å². The van der Waals surface area contributed by atoms with Gasteiger partial charge in [-0.05, 0) is 55.2 Å². The molecule has 0 aromatic heterocycles. The summed E-state index contributed by atoms with van der Waals surface area (Å²) in [6, 6.07) is 11.9. The molecule has 1 heterocycles. The van der Waals surface area contributed by atoms with Crippen LogP contribution in [0.1, 0.15) is 58.5 Å². The van der Waals surface area contributed by atoms with Crippen LogP contribution < -0.4 is 5.32 Å². The van der Waals surface area contributed by atoms with Gasteiger partial charge >= 0.3 is 0 Å². The highest BCUT2D eigenvalue weighted by atomic mass is 32.2. The van der Waals surface area contributed by atoms with Crippen LogP contribution in [0.25, 0.3) is 0 Å². The number of benzene rings is 2. The van der Waals surface area contributed by atoms with Crippen molar-refractivity contribution in [1.29, 1.82) is 0 Å². The molecule has 1 fully saturated rings. The summed E-state index contributed by atoms with van der Waals surface area (Å²) in [6.45, 7) is 7.92. The maximum absolute atomic E-state index is 12.9. The molecular weight excluding hydrogens is 426 g/mol. The normalized spacial score (nSPS) is 14.1. The molecular formula is C24H31N3O4S. The smallest absolute Gasteiger partial charge is 0.253 e.